The topological polar surface area (TPSA) is 64.3 Å². The molecule has 96 valence electrons. The molecule has 1 aromatic heterocycles. The average molecular weight is 303 g/mol. The smallest absolute Gasteiger partial charge is 0.228 e. The highest BCUT2D eigenvalue weighted by Crippen LogP contribution is 2.16. The number of ether oxygens (including phenoxy) is 1. The normalized spacial score (nSPS) is 10.9. The summed E-state index contributed by atoms with van der Waals surface area (Å²) in [4.78, 5) is 10.7. The Morgan fingerprint density at radius 1 is 1.47 bits per heavy atom. The number of nitrogens with zero attached hydrogens (tertiary/aromatic N) is 3. The van der Waals surface area contributed by atoms with Gasteiger partial charge >= 0.3 is 0 Å². The molecule has 0 amide bonds. The maximum Gasteiger partial charge on any atom is 0.228 e. The van der Waals surface area contributed by atoms with Crippen LogP contribution in [0, 0.1) is 5.92 Å². The Labute approximate surface area is 111 Å². The van der Waals surface area contributed by atoms with Gasteiger partial charge < -0.3 is 15.4 Å². The highest BCUT2D eigenvalue weighted by Gasteiger charge is 2.12. The van der Waals surface area contributed by atoms with Gasteiger partial charge in [-0.2, -0.15) is 4.98 Å². The highest BCUT2D eigenvalue weighted by atomic mass is 79.9. The molecule has 5 nitrogen and oxygen atoms in total. The van der Waals surface area contributed by atoms with E-state index in [1.165, 1.54) is 0 Å². The molecule has 0 aliphatic rings. The first kappa shape index (κ1) is 14.2. The molecule has 0 aliphatic heterocycles. The van der Waals surface area contributed by atoms with Crippen molar-refractivity contribution in [3.05, 3.63) is 10.7 Å². The summed E-state index contributed by atoms with van der Waals surface area (Å²) in [5, 5.41) is 0. The Morgan fingerprint density at radius 2 is 2.18 bits per heavy atom. The van der Waals surface area contributed by atoms with Crippen LogP contribution in [0.2, 0.25) is 0 Å². The number of aromatic nitrogens is 2. The van der Waals surface area contributed by atoms with Crippen molar-refractivity contribution in [1.82, 2.24) is 9.97 Å². The van der Waals surface area contributed by atoms with Crippen LogP contribution in [-0.4, -0.2) is 36.8 Å². The first-order valence-corrected chi connectivity index (χ1v) is 6.36. The van der Waals surface area contributed by atoms with Crippen LogP contribution in [0.15, 0.2) is 10.7 Å². The molecule has 17 heavy (non-hydrogen) atoms. The van der Waals surface area contributed by atoms with Crippen molar-refractivity contribution in [2.24, 2.45) is 5.92 Å². The second kappa shape index (κ2) is 6.76. The number of hydrogen-bond donors (Lipinski definition) is 1. The Bertz CT molecular complexity index is 339. The number of rotatable bonds is 6. The molecule has 1 heterocycles. The summed E-state index contributed by atoms with van der Waals surface area (Å²) in [6.07, 6.45) is 0. The number of methoxy groups -OCH3 is 1. The van der Waals surface area contributed by atoms with E-state index in [4.69, 9.17) is 10.5 Å². The van der Waals surface area contributed by atoms with E-state index in [0.717, 1.165) is 13.1 Å². The van der Waals surface area contributed by atoms with Crippen molar-refractivity contribution < 1.29 is 4.74 Å². The third-order valence-corrected chi connectivity index (χ3v) is 2.54. The van der Waals surface area contributed by atoms with Crippen LogP contribution in [0.25, 0.3) is 0 Å². The zero-order valence-electron chi connectivity index (χ0n) is 10.5. The molecule has 6 heteroatoms. The van der Waals surface area contributed by atoms with Crippen LogP contribution in [0.3, 0.4) is 0 Å². The predicted molar refractivity (Wildman–Crippen MR) is 73.1 cm³/mol. The van der Waals surface area contributed by atoms with Crippen LogP contribution < -0.4 is 10.6 Å². The molecule has 0 fully saturated rings. The second-order valence-corrected chi connectivity index (χ2v) is 5.06. The molecular weight excluding hydrogens is 284 g/mol. The Morgan fingerprint density at radius 3 is 2.71 bits per heavy atom. The molecule has 0 saturated heterocycles. The van der Waals surface area contributed by atoms with Gasteiger partial charge in [-0.1, -0.05) is 13.8 Å². The SMILES string of the molecule is COCCN(CC(C)C)c1nc(N)cc(Br)n1. The lowest BCUT2D eigenvalue weighted by molar-refractivity contribution is 0.204. The average Bonchev–Trinajstić information content (AvgIpc) is 2.22. The molecule has 2 N–H and O–H groups in total. The second-order valence-electron chi connectivity index (χ2n) is 4.25. The minimum absolute atomic E-state index is 0.466. The van der Waals surface area contributed by atoms with Crippen LogP contribution in [-0.2, 0) is 4.74 Å². The quantitative estimate of drug-likeness (QED) is 0.814. The van der Waals surface area contributed by atoms with E-state index in [2.05, 4.69) is 44.6 Å². The molecule has 1 rings (SSSR count). The first-order valence-electron chi connectivity index (χ1n) is 5.57. The zero-order valence-corrected chi connectivity index (χ0v) is 12.1. The van der Waals surface area contributed by atoms with E-state index in [0.29, 0.717) is 28.9 Å². The number of nitrogen functional groups attached to an aromatic ring is 1. The Balaban J connectivity index is 2.86. The standard InChI is InChI=1S/C11H19BrN4O/c1-8(2)7-16(4-5-17-3)11-14-9(12)6-10(13)15-11/h6,8H,4-5,7H2,1-3H3,(H2,13,14,15). The third-order valence-electron chi connectivity index (χ3n) is 2.14. The van der Waals surface area contributed by atoms with E-state index in [9.17, 15) is 0 Å². The summed E-state index contributed by atoms with van der Waals surface area (Å²) in [6, 6.07) is 1.69. The molecule has 1 aromatic rings. The number of halogens is 1. The van der Waals surface area contributed by atoms with Crippen molar-refractivity contribution in [2.75, 3.05) is 37.4 Å². The lowest BCUT2D eigenvalue weighted by Crippen LogP contribution is -2.32. The molecule has 0 aliphatic carbocycles. The number of nitrogens with two attached hydrogens (primary N) is 1. The molecule has 0 radical (unpaired) electrons. The van der Waals surface area contributed by atoms with Crippen molar-refractivity contribution in [3.8, 4) is 0 Å². The third kappa shape index (κ3) is 4.87. The monoisotopic (exact) mass is 302 g/mol. The van der Waals surface area contributed by atoms with Crippen molar-refractivity contribution in [2.45, 2.75) is 13.8 Å². The fraction of sp³-hybridized carbons (Fsp3) is 0.636. The summed E-state index contributed by atoms with van der Waals surface area (Å²) >= 11 is 3.33. The molecule has 0 atom stereocenters. The van der Waals surface area contributed by atoms with Gasteiger partial charge in [0, 0.05) is 26.3 Å². The molecule has 0 saturated carbocycles. The molecule has 0 spiro atoms. The lowest BCUT2D eigenvalue weighted by atomic mass is 10.2. The summed E-state index contributed by atoms with van der Waals surface area (Å²) in [7, 11) is 1.68. The summed E-state index contributed by atoms with van der Waals surface area (Å²) in [6.45, 7) is 6.58. The summed E-state index contributed by atoms with van der Waals surface area (Å²) < 4.78 is 5.80. The van der Waals surface area contributed by atoms with Gasteiger partial charge in [-0.25, -0.2) is 4.98 Å². The van der Waals surface area contributed by atoms with Gasteiger partial charge in [-0.05, 0) is 21.8 Å². The maximum atomic E-state index is 5.72. The van der Waals surface area contributed by atoms with Gasteiger partial charge in [0.05, 0.1) is 6.61 Å². The lowest BCUT2D eigenvalue weighted by Gasteiger charge is -2.24. The molecule has 0 aromatic carbocycles. The molecule has 0 bridgehead atoms. The van der Waals surface area contributed by atoms with Crippen LogP contribution in [0.4, 0.5) is 11.8 Å². The van der Waals surface area contributed by atoms with E-state index in [-0.39, 0.29) is 0 Å². The molecular formula is C11H19BrN4O. The van der Waals surface area contributed by atoms with Gasteiger partial charge in [0.1, 0.15) is 10.4 Å². The maximum absolute atomic E-state index is 5.72. The van der Waals surface area contributed by atoms with Crippen molar-refractivity contribution >= 4 is 27.7 Å². The largest absolute Gasteiger partial charge is 0.383 e. The first-order chi connectivity index (χ1) is 8.02. The fourth-order valence-corrected chi connectivity index (χ4v) is 1.87. The van der Waals surface area contributed by atoms with Crippen molar-refractivity contribution in [1.29, 1.82) is 0 Å². The minimum atomic E-state index is 0.466. The van der Waals surface area contributed by atoms with Gasteiger partial charge in [0.25, 0.3) is 0 Å². The Kier molecular flexibility index (Phi) is 5.64. The molecule has 0 unspecified atom stereocenters. The van der Waals surface area contributed by atoms with Crippen LogP contribution in [0.1, 0.15) is 13.8 Å². The number of hydrogen-bond acceptors (Lipinski definition) is 5. The van der Waals surface area contributed by atoms with Gasteiger partial charge in [-0.15, -0.1) is 0 Å². The van der Waals surface area contributed by atoms with Crippen molar-refractivity contribution in [3.63, 3.8) is 0 Å². The Hall–Kier alpha value is -0.880. The highest BCUT2D eigenvalue weighted by molar-refractivity contribution is 9.10. The summed E-state index contributed by atoms with van der Waals surface area (Å²) in [5.74, 6) is 1.63. The van der Waals surface area contributed by atoms with Gasteiger partial charge in [0.2, 0.25) is 5.95 Å². The van der Waals surface area contributed by atoms with Gasteiger partial charge in [0.15, 0.2) is 0 Å². The van der Waals surface area contributed by atoms with Crippen LogP contribution >= 0.6 is 15.9 Å². The van der Waals surface area contributed by atoms with E-state index in [1.54, 1.807) is 13.2 Å². The summed E-state index contributed by atoms with van der Waals surface area (Å²) in [5.41, 5.74) is 5.72. The van der Waals surface area contributed by atoms with E-state index in [1.807, 2.05) is 0 Å². The van der Waals surface area contributed by atoms with E-state index < -0.39 is 0 Å². The minimum Gasteiger partial charge on any atom is -0.383 e. The predicted octanol–water partition coefficient (Wildman–Crippen LogP) is 1.93. The fourth-order valence-electron chi connectivity index (χ4n) is 1.48. The van der Waals surface area contributed by atoms with E-state index >= 15 is 0 Å². The zero-order chi connectivity index (χ0) is 12.8. The number of anilines is 2. The van der Waals surface area contributed by atoms with Crippen LogP contribution in [0.5, 0.6) is 0 Å². The van der Waals surface area contributed by atoms with Gasteiger partial charge in [-0.3, -0.25) is 0 Å².